The topological polar surface area (TPSA) is 131 Å². The molecule has 2 N–H and O–H groups in total. The number of anilines is 2. The molecule has 0 saturated heterocycles. The van der Waals surface area contributed by atoms with Gasteiger partial charge in [0.25, 0.3) is 0 Å². The van der Waals surface area contributed by atoms with Gasteiger partial charge in [0, 0.05) is 38.0 Å². The van der Waals surface area contributed by atoms with Gasteiger partial charge in [-0.1, -0.05) is 6.92 Å². The maximum atomic E-state index is 12.5. The third-order valence-corrected chi connectivity index (χ3v) is 8.38. The van der Waals surface area contributed by atoms with Crippen LogP contribution in [-0.4, -0.2) is 55.0 Å². The fourth-order valence-electron chi connectivity index (χ4n) is 3.57. The van der Waals surface area contributed by atoms with Crippen LogP contribution in [0.5, 0.6) is 0 Å². The highest BCUT2D eigenvalue weighted by atomic mass is 32.2. The zero-order chi connectivity index (χ0) is 23.8. The Hall–Kier alpha value is -2.57. The number of sulfonamides is 1. The van der Waals surface area contributed by atoms with Gasteiger partial charge in [0.15, 0.2) is 0 Å². The van der Waals surface area contributed by atoms with E-state index < -0.39 is 16.1 Å². The Morgan fingerprint density at radius 3 is 2.64 bits per heavy atom. The number of aromatic nitrogens is 4. The maximum absolute atomic E-state index is 12.5. The lowest BCUT2D eigenvalue weighted by Crippen LogP contribution is -2.30. The Labute approximate surface area is 197 Å². The summed E-state index contributed by atoms with van der Waals surface area (Å²) in [6.45, 7) is 4.67. The number of hydrogen-bond donors (Lipinski definition) is 1. The summed E-state index contributed by atoms with van der Waals surface area (Å²) in [5.74, 6) is 2.77. The number of rotatable bonds is 10. The third-order valence-electron chi connectivity index (χ3n) is 6.00. The van der Waals surface area contributed by atoms with Gasteiger partial charge in [-0.15, -0.1) is 21.5 Å². The van der Waals surface area contributed by atoms with E-state index in [1.54, 1.807) is 18.5 Å². The molecule has 3 unspecified atom stereocenters. The van der Waals surface area contributed by atoms with Crippen molar-refractivity contribution in [2.45, 2.75) is 32.7 Å². The van der Waals surface area contributed by atoms with Crippen molar-refractivity contribution in [2.24, 2.45) is 17.6 Å². The second-order valence-corrected chi connectivity index (χ2v) is 11.5. The SMILES string of the molecule is CCS(=O)(=O)N(C)c1cc(-c2nnc(C(N)Cc3cscn3)o2)cc(N(C)CC2CC2C)n1. The Morgan fingerprint density at radius 1 is 1.27 bits per heavy atom. The molecule has 0 spiro atoms. The Morgan fingerprint density at radius 2 is 2.00 bits per heavy atom. The van der Waals surface area contributed by atoms with E-state index in [1.807, 2.05) is 23.4 Å². The third kappa shape index (κ3) is 5.33. The van der Waals surface area contributed by atoms with E-state index in [4.69, 9.17) is 10.2 Å². The predicted molar refractivity (Wildman–Crippen MR) is 129 cm³/mol. The molecule has 3 aromatic rings. The van der Waals surface area contributed by atoms with Gasteiger partial charge in [-0.25, -0.2) is 18.4 Å². The lowest BCUT2D eigenvalue weighted by Gasteiger charge is -2.23. The minimum Gasteiger partial charge on any atom is -0.419 e. The zero-order valence-corrected chi connectivity index (χ0v) is 20.8. The molecule has 3 heterocycles. The average Bonchev–Trinajstić information content (AvgIpc) is 3.22. The number of pyridine rings is 1. The Balaban J connectivity index is 1.65. The molecule has 0 amide bonds. The van der Waals surface area contributed by atoms with Gasteiger partial charge in [-0.05, 0) is 37.3 Å². The molecule has 1 aliphatic carbocycles. The Bertz CT molecular complexity index is 1200. The highest BCUT2D eigenvalue weighted by Crippen LogP contribution is 2.39. The zero-order valence-electron chi connectivity index (χ0n) is 19.2. The normalized spacial score (nSPS) is 18.8. The molecule has 33 heavy (non-hydrogen) atoms. The van der Waals surface area contributed by atoms with Crippen molar-refractivity contribution < 1.29 is 12.8 Å². The van der Waals surface area contributed by atoms with Crippen molar-refractivity contribution in [3.63, 3.8) is 0 Å². The molecule has 0 bridgehead atoms. The van der Waals surface area contributed by atoms with Crippen molar-refractivity contribution in [3.05, 3.63) is 34.6 Å². The van der Waals surface area contributed by atoms with Gasteiger partial charge < -0.3 is 15.1 Å². The molecule has 1 saturated carbocycles. The average molecular weight is 492 g/mol. The second kappa shape index (κ2) is 9.35. The van der Waals surface area contributed by atoms with Crippen LogP contribution in [0.4, 0.5) is 11.6 Å². The molecular weight excluding hydrogens is 462 g/mol. The van der Waals surface area contributed by atoms with Gasteiger partial charge in [-0.2, -0.15) is 0 Å². The van der Waals surface area contributed by atoms with Crippen LogP contribution in [0.3, 0.4) is 0 Å². The van der Waals surface area contributed by atoms with Crippen molar-refractivity contribution in [1.82, 2.24) is 20.2 Å². The molecule has 4 rings (SSSR count). The summed E-state index contributed by atoms with van der Waals surface area (Å²) in [4.78, 5) is 10.9. The van der Waals surface area contributed by atoms with Crippen LogP contribution in [0.15, 0.2) is 27.4 Å². The standard InChI is InChI=1S/C21H29N7O3S2/c1-5-33(29,30)28(4)19-8-14(7-18(24-19)27(3)10-15-6-13(15)2)20-25-26-21(31-20)17(22)9-16-11-32-12-23-16/h7-8,11-13,15,17H,5-6,9-10,22H2,1-4H3. The van der Waals surface area contributed by atoms with E-state index in [9.17, 15) is 8.42 Å². The fraction of sp³-hybridized carbons (Fsp3) is 0.524. The van der Waals surface area contributed by atoms with E-state index in [2.05, 4.69) is 27.1 Å². The van der Waals surface area contributed by atoms with E-state index in [-0.39, 0.29) is 11.6 Å². The molecule has 0 aromatic carbocycles. The van der Waals surface area contributed by atoms with Crippen molar-refractivity contribution in [1.29, 1.82) is 0 Å². The molecule has 1 fully saturated rings. The minimum absolute atomic E-state index is 0.0314. The minimum atomic E-state index is -3.49. The van der Waals surface area contributed by atoms with Crippen LogP contribution in [0.2, 0.25) is 0 Å². The highest BCUT2D eigenvalue weighted by Gasteiger charge is 2.34. The van der Waals surface area contributed by atoms with Crippen molar-refractivity contribution in [2.75, 3.05) is 35.6 Å². The van der Waals surface area contributed by atoms with Gasteiger partial charge in [0.1, 0.15) is 11.6 Å². The molecule has 3 aromatic heterocycles. The molecule has 3 atom stereocenters. The maximum Gasteiger partial charge on any atom is 0.248 e. The first-order valence-corrected chi connectivity index (χ1v) is 13.4. The summed E-state index contributed by atoms with van der Waals surface area (Å²) >= 11 is 1.50. The van der Waals surface area contributed by atoms with Crippen molar-refractivity contribution in [3.8, 4) is 11.5 Å². The van der Waals surface area contributed by atoms with Crippen molar-refractivity contribution >= 4 is 33.0 Å². The number of thiazole rings is 1. The smallest absolute Gasteiger partial charge is 0.248 e. The quantitative estimate of drug-likeness (QED) is 0.454. The van der Waals surface area contributed by atoms with Gasteiger partial charge in [0.2, 0.25) is 21.8 Å². The largest absolute Gasteiger partial charge is 0.419 e. The predicted octanol–water partition coefficient (Wildman–Crippen LogP) is 2.71. The van der Waals surface area contributed by atoms with Crippen LogP contribution in [-0.2, 0) is 16.4 Å². The lowest BCUT2D eigenvalue weighted by molar-refractivity contribution is 0.455. The molecular formula is C21H29N7O3S2. The monoisotopic (exact) mass is 491 g/mol. The summed E-state index contributed by atoms with van der Waals surface area (Å²) in [6.07, 6.45) is 1.67. The molecule has 178 valence electrons. The van der Waals surface area contributed by atoms with Gasteiger partial charge >= 0.3 is 0 Å². The van der Waals surface area contributed by atoms with E-state index >= 15 is 0 Å². The lowest BCUT2D eigenvalue weighted by atomic mass is 10.2. The number of nitrogens with two attached hydrogens (primary N) is 1. The van der Waals surface area contributed by atoms with Gasteiger partial charge in [0.05, 0.1) is 23.0 Å². The highest BCUT2D eigenvalue weighted by molar-refractivity contribution is 7.92. The van der Waals surface area contributed by atoms with Crippen LogP contribution in [0.25, 0.3) is 11.5 Å². The first-order valence-electron chi connectivity index (χ1n) is 10.8. The van der Waals surface area contributed by atoms with Crippen LogP contribution >= 0.6 is 11.3 Å². The second-order valence-electron chi connectivity index (χ2n) is 8.53. The number of hydrogen-bond acceptors (Lipinski definition) is 10. The molecule has 1 aliphatic rings. The summed E-state index contributed by atoms with van der Waals surface area (Å²) in [5, 5.41) is 10.2. The molecule has 0 aliphatic heterocycles. The Kier molecular flexibility index (Phi) is 6.68. The van der Waals surface area contributed by atoms with E-state index in [0.29, 0.717) is 41.3 Å². The molecule has 10 nitrogen and oxygen atoms in total. The first kappa shape index (κ1) is 23.6. The van der Waals surface area contributed by atoms with Crippen LogP contribution < -0.4 is 14.9 Å². The molecule has 0 radical (unpaired) electrons. The first-order chi connectivity index (χ1) is 15.7. The van der Waals surface area contributed by atoms with Crippen LogP contribution in [0.1, 0.15) is 37.9 Å². The summed E-state index contributed by atoms with van der Waals surface area (Å²) in [6, 6.07) is 3.00. The van der Waals surface area contributed by atoms with E-state index in [1.165, 1.54) is 29.1 Å². The van der Waals surface area contributed by atoms with Gasteiger partial charge in [-0.3, -0.25) is 4.31 Å². The van der Waals surface area contributed by atoms with E-state index in [0.717, 1.165) is 12.2 Å². The number of nitrogens with zero attached hydrogens (tertiary/aromatic N) is 6. The summed E-state index contributed by atoms with van der Waals surface area (Å²) < 4.78 is 32.1. The van der Waals surface area contributed by atoms with Crippen LogP contribution in [0, 0.1) is 11.8 Å². The summed E-state index contributed by atoms with van der Waals surface area (Å²) in [7, 11) is -0.0324. The fourth-order valence-corrected chi connectivity index (χ4v) is 4.91. The summed E-state index contributed by atoms with van der Waals surface area (Å²) in [5.41, 5.74) is 9.45. The molecule has 12 heteroatoms.